The average molecular weight is 181 g/mol. The number of aliphatic hydroxyl groups excluding tert-OH is 1. The van der Waals surface area contributed by atoms with Crippen molar-refractivity contribution in [2.45, 2.75) is 6.42 Å². The summed E-state index contributed by atoms with van der Waals surface area (Å²) in [6.45, 7) is 0.364. The fraction of sp³-hybridized carbons (Fsp3) is 0.333. The number of hydrogen-bond acceptors (Lipinski definition) is 4. The monoisotopic (exact) mass is 181 g/mol. The largest absolute Gasteiger partial charge is 0.508 e. The third-order valence-electron chi connectivity index (χ3n) is 2.15. The summed E-state index contributed by atoms with van der Waals surface area (Å²) >= 11 is 0. The molecule has 4 nitrogen and oxygen atoms in total. The van der Waals surface area contributed by atoms with Gasteiger partial charge in [0.25, 0.3) is 0 Å². The number of aromatic hydroxyl groups is 2. The first-order valence-electron chi connectivity index (χ1n) is 4.15. The number of fused-ring (bicyclic) bond motifs is 1. The predicted molar refractivity (Wildman–Crippen MR) is 48.2 cm³/mol. The number of phenols is 2. The van der Waals surface area contributed by atoms with Crippen LogP contribution in [0.3, 0.4) is 0 Å². The van der Waals surface area contributed by atoms with Gasteiger partial charge in [-0.3, -0.25) is 0 Å². The number of phenolic OH excluding ortho intramolecular Hbond substituents is 2. The molecule has 1 aromatic rings. The molecule has 0 heterocycles. The van der Waals surface area contributed by atoms with Crippen molar-refractivity contribution in [2.24, 2.45) is 0 Å². The molecule has 0 aliphatic heterocycles. The fourth-order valence-electron chi connectivity index (χ4n) is 1.38. The second-order valence-corrected chi connectivity index (χ2v) is 3.08. The second-order valence-electron chi connectivity index (χ2n) is 3.08. The smallest absolute Gasteiger partial charge is 0.142 e. The quantitative estimate of drug-likeness (QED) is 0.408. The molecule has 0 atom stereocenters. The molecule has 0 fully saturated rings. The highest BCUT2D eigenvalue weighted by Gasteiger charge is 2.27. The number of nitrogens with one attached hydrogen (secondary N) is 1. The van der Waals surface area contributed by atoms with Crippen LogP contribution in [-0.2, 0) is 6.42 Å². The van der Waals surface area contributed by atoms with Gasteiger partial charge >= 0.3 is 0 Å². The van der Waals surface area contributed by atoms with E-state index in [1.165, 1.54) is 6.07 Å². The van der Waals surface area contributed by atoms with Gasteiger partial charge in [-0.1, -0.05) is 0 Å². The summed E-state index contributed by atoms with van der Waals surface area (Å²) in [4.78, 5) is 0. The molecule has 4 heteroatoms. The third kappa shape index (κ3) is 1.29. The van der Waals surface area contributed by atoms with Gasteiger partial charge in [0, 0.05) is 30.2 Å². The van der Waals surface area contributed by atoms with E-state index in [1.807, 2.05) is 0 Å². The highest BCUT2D eigenvalue weighted by Crippen LogP contribution is 2.47. The lowest BCUT2D eigenvalue weighted by Crippen LogP contribution is -2.05. The van der Waals surface area contributed by atoms with Crippen LogP contribution in [0.15, 0.2) is 6.07 Å². The van der Waals surface area contributed by atoms with E-state index in [1.54, 1.807) is 0 Å². The minimum absolute atomic E-state index is 0.00269. The number of anilines is 1. The van der Waals surface area contributed by atoms with Gasteiger partial charge in [0.1, 0.15) is 11.5 Å². The molecule has 0 saturated carbocycles. The zero-order chi connectivity index (χ0) is 9.42. The van der Waals surface area contributed by atoms with E-state index in [4.69, 9.17) is 5.11 Å². The molecule has 2 rings (SSSR count). The Morgan fingerprint density at radius 2 is 2.08 bits per heavy atom. The summed E-state index contributed by atoms with van der Waals surface area (Å²) < 4.78 is 0. The van der Waals surface area contributed by atoms with E-state index in [0.29, 0.717) is 18.7 Å². The topological polar surface area (TPSA) is 72.7 Å². The molecule has 1 aromatic carbocycles. The Morgan fingerprint density at radius 3 is 2.77 bits per heavy atom. The first-order valence-corrected chi connectivity index (χ1v) is 4.15. The van der Waals surface area contributed by atoms with E-state index in [-0.39, 0.29) is 18.1 Å². The van der Waals surface area contributed by atoms with Crippen LogP contribution < -0.4 is 5.32 Å². The lowest BCUT2D eigenvalue weighted by Gasteiger charge is -2.06. The normalized spacial score (nSPS) is 12.4. The van der Waals surface area contributed by atoms with Crippen molar-refractivity contribution in [2.75, 3.05) is 18.5 Å². The Hall–Kier alpha value is -1.42. The first kappa shape index (κ1) is 8.19. The van der Waals surface area contributed by atoms with Gasteiger partial charge in [0.05, 0.1) is 12.3 Å². The third-order valence-corrected chi connectivity index (χ3v) is 2.15. The molecule has 0 radical (unpaired) electrons. The van der Waals surface area contributed by atoms with Crippen LogP contribution in [0.1, 0.15) is 11.1 Å². The number of benzene rings is 1. The summed E-state index contributed by atoms with van der Waals surface area (Å²) in [6.07, 6.45) is 0.665. The van der Waals surface area contributed by atoms with Crippen molar-refractivity contribution in [1.29, 1.82) is 0 Å². The van der Waals surface area contributed by atoms with Crippen molar-refractivity contribution in [3.05, 3.63) is 17.2 Å². The molecule has 0 amide bonds. The van der Waals surface area contributed by atoms with Gasteiger partial charge in [0.2, 0.25) is 0 Å². The molecule has 1 aliphatic carbocycles. The van der Waals surface area contributed by atoms with E-state index in [0.717, 1.165) is 11.1 Å². The zero-order valence-corrected chi connectivity index (χ0v) is 7.04. The summed E-state index contributed by atoms with van der Waals surface area (Å²) in [5.41, 5.74) is 2.12. The van der Waals surface area contributed by atoms with Crippen LogP contribution >= 0.6 is 0 Å². The molecule has 4 N–H and O–H groups in total. The molecule has 0 bridgehead atoms. The molecule has 0 unspecified atom stereocenters. The molecule has 0 aromatic heterocycles. The minimum atomic E-state index is -0.00269. The first-order chi connectivity index (χ1) is 6.24. The molecule has 0 spiro atoms. The Kier molecular flexibility index (Phi) is 1.77. The summed E-state index contributed by atoms with van der Waals surface area (Å²) in [7, 11) is 0. The average Bonchev–Trinajstić information content (AvgIpc) is 2.88. The lowest BCUT2D eigenvalue weighted by atomic mass is 10.3. The molecule has 1 aliphatic rings. The van der Waals surface area contributed by atoms with Crippen LogP contribution in [-0.4, -0.2) is 28.5 Å². The van der Waals surface area contributed by atoms with Crippen LogP contribution in [0.4, 0.5) is 5.69 Å². The Bertz CT molecular complexity index is 349. The van der Waals surface area contributed by atoms with Crippen molar-refractivity contribution in [3.63, 3.8) is 0 Å². The van der Waals surface area contributed by atoms with Gasteiger partial charge in [-0.05, 0) is 0 Å². The summed E-state index contributed by atoms with van der Waals surface area (Å²) in [5, 5.41) is 30.3. The molecular formula is C9H11NO3. The zero-order valence-electron chi connectivity index (χ0n) is 7.04. The van der Waals surface area contributed by atoms with E-state index < -0.39 is 0 Å². The Morgan fingerprint density at radius 1 is 1.31 bits per heavy atom. The fourth-order valence-corrected chi connectivity index (χ4v) is 1.38. The van der Waals surface area contributed by atoms with Gasteiger partial charge < -0.3 is 20.6 Å². The van der Waals surface area contributed by atoms with E-state index in [2.05, 4.69) is 5.32 Å². The van der Waals surface area contributed by atoms with Crippen molar-refractivity contribution < 1.29 is 15.3 Å². The van der Waals surface area contributed by atoms with Crippen LogP contribution in [0.2, 0.25) is 0 Å². The van der Waals surface area contributed by atoms with Gasteiger partial charge in [0.15, 0.2) is 0 Å². The molecule has 13 heavy (non-hydrogen) atoms. The maximum atomic E-state index is 9.55. The Labute approximate surface area is 75.5 Å². The highest BCUT2D eigenvalue weighted by molar-refractivity contribution is 5.73. The number of hydrogen-bond donors (Lipinski definition) is 4. The van der Waals surface area contributed by atoms with Gasteiger partial charge in [-0.15, -0.1) is 0 Å². The van der Waals surface area contributed by atoms with E-state index >= 15 is 0 Å². The summed E-state index contributed by atoms with van der Waals surface area (Å²) in [6, 6.07) is 1.48. The van der Waals surface area contributed by atoms with Crippen LogP contribution in [0.5, 0.6) is 11.5 Å². The maximum Gasteiger partial charge on any atom is 0.142 e. The van der Waals surface area contributed by atoms with Crippen molar-refractivity contribution >= 4 is 5.69 Å². The highest BCUT2D eigenvalue weighted by atomic mass is 16.3. The molecular weight excluding hydrogens is 170 g/mol. The standard InChI is InChI=1S/C9H11NO3/c11-2-1-10-7-4-8(12)5-3-6(5)9(7)13/h4,10-13H,1-3H2. The van der Waals surface area contributed by atoms with E-state index in [9.17, 15) is 10.2 Å². The molecule has 70 valence electrons. The van der Waals surface area contributed by atoms with Crippen molar-refractivity contribution in [3.8, 4) is 11.5 Å². The predicted octanol–water partition coefficient (Wildman–Crippen LogP) is 0.406. The molecule has 0 saturated heterocycles. The number of aliphatic hydroxyl groups is 1. The maximum absolute atomic E-state index is 9.55. The van der Waals surface area contributed by atoms with Gasteiger partial charge in [-0.2, -0.15) is 0 Å². The van der Waals surface area contributed by atoms with Crippen molar-refractivity contribution in [1.82, 2.24) is 0 Å². The minimum Gasteiger partial charge on any atom is -0.508 e. The summed E-state index contributed by atoms with van der Waals surface area (Å²) in [5.74, 6) is 0.412. The van der Waals surface area contributed by atoms with Gasteiger partial charge in [-0.25, -0.2) is 0 Å². The SMILES string of the molecule is OCCNc1cc(O)c2c(c1O)C2. The Balaban J connectivity index is 2.26. The van der Waals surface area contributed by atoms with Crippen LogP contribution in [0, 0.1) is 0 Å². The van der Waals surface area contributed by atoms with Crippen LogP contribution in [0.25, 0.3) is 0 Å². The number of rotatable bonds is 3. The second kappa shape index (κ2) is 2.81. The lowest BCUT2D eigenvalue weighted by molar-refractivity contribution is 0.311.